The molecule has 114 valence electrons. The van der Waals surface area contributed by atoms with Crippen LogP contribution >= 0.6 is 0 Å². The molecule has 0 saturated carbocycles. The molecule has 0 amide bonds. The van der Waals surface area contributed by atoms with Crippen molar-refractivity contribution >= 4 is 0 Å². The number of hydrogen-bond acceptors (Lipinski definition) is 4. The lowest BCUT2D eigenvalue weighted by Crippen LogP contribution is -2.23. The summed E-state index contributed by atoms with van der Waals surface area (Å²) in [4.78, 5) is 0. The van der Waals surface area contributed by atoms with Gasteiger partial charge in [-0.05, 0) is 19.1 Å². The molecule has 0 fully saturated rings. The van der Waals surface area contributed by atoms with Crippen molar-refractivity contribution in [2.24, 2.45) is 0 Å². The lowest BCUT2D eigenvalue weighted by atomic mass is 10.3. The Kier molecular flexibility index (Phi) is 6.60. The van der Waals surface area contributed by atoms with Gasteiger partial charge >= 0.3 is 6.18 Å². The van der Waals surface area contributed by atoms with Gasteiger partial charge in [-0.1, -0.05) is 6.07 Å². The van der Waals surface area contributed by atoms with E-state index in [9.17, 15) is 18.3 Å². The average molecular weight is 294 g/mol. The van der Waals surface area contributed by atoms with Crippen molar-refractivity contribution in [3.8, 4) is 11.5 Å². The summed E-state index contributed by atoms with van der Waals surface area (Å²) in [6.45, 7) is 1.06. The molecule has 0 bridgehead atoms. The van der Waals surface area contributed by atoms with Gasteiger partial charge < -0.3 is 19.3 Å². The monoisotopic (exact) mass is 294 g/mol. The molecule has 20 heavy (non-hydrogen) atoms. The van der Waals surface area contributed by atoms with Crippen LogP contribution in [-0.2, 0) is 4.74 Å². The lowest BCUT2D eigenvalue weighted by Gasteiger charge is -2.13. The second-order valence-electron chi connectivity index (χ2n) is 4.00. The predicted octanol–water partition coefficient (Wildman–Crippen LogP) is 2.40. The third kappa shape index (κ3) is 7.20. The van der Waals surface area contributed by atoms with Crippen LogP contribution in [0, 0.1) is 0 Å². The zero-order valence-electron chi connectivity index (χ0n) is 11.0. The molecule has 0 aliphatic heterocycles. The van der Waals surface area contributed by atoms with Gasteiger partial charge in [0.25, 0.3) is 0 Å². The number of ether oxygens (including phenoxy) is 3. The normalized spacial score (nSPS) is 13.1. The molecule has 1 aromatic carbocycles. The molecule has 1 unspecified atom stereocenters. The van der Waals surface area contributed by atoms with Crippen LogP contribution in [0.5, 0.6) is 11.5 Å². The summed E-state index contributed by atoms with van der Waals surface area (Å²) < 4.78 is 50.9. The van der Waals surface area contributed by atoms with Gasteiger partial charge in [0.1, 0.15) is 24.2 Å². The summed E-state index contributed by atoms with van der Waals surface area (Å²) in [7, 11) is 0. The van der Waals surface area contributed by atoms with Crippen molar-refractivity contribution in [3.63, 3.8) is 0 Å². The van der Waals surface area contributed by atoms with Crippen molar-refractivity contribution in [1.29, 1.82) is 0 Å². The molecule has 7 heteroatoms. The smallest absolute Gasteiger partial charge is 0.422 e. The van der Waals surface area contributed by atoms with E-state index >= 15 is 0 Å². The maximum Gasteiger partial charge on any atom is 0.422 e. The fourth-order valence-electron chi connectivity index (χ4n) is 1.31. The van der Waals surface area contributed by atoms with Gasteiger partial charge in [0.15, 0.2) is 6.61 Å². The van der Waals surface area contributed by atoms with Crippen LogP contribution in [0.2, 0.25) is 0 Å². The SMILES string of the molecule is CCOCC(O)COc1cccc(OCC(F)(F)F)c1. The summed E-state index contributed by atoms with van der Waals surface area (Å²) in [5.74, 6) is 0.374. The third-order valence-electron chi connectivity index (χ3n) is 2.16. The minimum Gasteiger partial charge on any atom is -0.491 e. The van der Waals surface area contributed by atoms with Crippen LogP contribution in [0.3, 0.4) is 0 Å². The Bertz CT molecular complexity index is 395. The molecule has 1 N–H and O–H groups in total. The van der Waals surface area contributed by atoms with Gasteiger partial charge in [0.2, 0.25) is 0 Å². The van der Waals surface area contributed by atoms with E-state index in [4.69, 9.17) is 9.47 Å². The number of alkyl halides is 3. The summed E-state index contributed by atoms with van der Waals surface area (Å²) in [5.41, 5.74) is 0. The van der Waals surface area contributed by atoms with E-state index in [0.717, 1.165) is 0 Å². The van der Waals surface area contributed by atoms with Crippen LogP contribution in [0.25, 0.3) is 0 Å². The van der Waals surface area contributed by atoms with Crippen molar-refractivity contribution in [2.75, 3.05) is 26.4 Å². The van der Waals surface area contributed by atoms with E-state index in [-0.39, 0.29) is 19.0 Å². The number of aliphatic hydroxyl groups excluding tert-OH is 1. The average Bonchev–Trinajstić information content (AvgIpc) is 2.40. The van der Waals surface area contributed by atoms with E-state index in [1.54, 1.807) is 13.0 Å². The standard InChI is InChI=1S/C13H17F3O4/c1-2-18-7-10(17)8-19-11-4-3-5-12(6-11)20-9-13(14,15)16/h3-6,10,17H,2,7-9H2,1H3. The van der Waals surface area contributed by atoms with E-state index in [2.05, 4.69) is 4.74 Å². The fraction of sp³-hybridized carbons (Fsp3) is 0.538. The predicted molar refractivity (Wildman–Crippen MR) is 66.0 cm³/mol. The van der Waals surface area contributed by atoms with Gasteiger partial charge in [-0.15, -0.1) is 0 Å². The first-order chi connectivity index (χ1) is 9.40. The second kappa shape index (κ2) is 7.96. The molecule has 1 atom stereocenters. The van der Waals surface area contributed by atoms with Crippen molar-refractivity contribution in [2.45, 2.75) is 19.2 Å². The number of rotatable bonds is 8. The molecule has 1 rings (SSSR count). The largest absolute Gasteiger partial charge is 0.491 e. The zero-order valence-corrected chi connectivity index (χ0v) is 11.0. The van der Waals surface area contributed by atoms with E-state index < -0.39 is 18.9 Å². The molecule has 0 radical (unpaired) electrons. The van der Waals surface area contributed by atoms with E-state index in [1.807, 2.05) is 0 Å². The molecule has 0 saturated heterocycles. The summed E-state index contributed by atoms with van der Waals surface area (Å²) in [6, 6.07) is 5.80. The van der Waals surface area contributed by atoms with Crippen molar-refractivity contribution in [3.05, 3.63) is 24.3 Å². The Morgan fingerprint density at radius 2 is 1.80 bits per heavy atom. The zero-order chi connectivity index (χ0) is 15.0. The van der Waals surface area contributed by atoms with Crippen LogP contribution in [0.1, 0.15) is 6.92 Å². The third-order valence-corrected chi connectivity index (χ3v) is 2.16. The minimum atomic E-state index is -4.38. The maximum atomic E-state index is 12.0. The topological polar surface area (TPSA) is 47.9 Å². The quantitative estimate of drug-likeness (QED) is 0.800. The highest BCUT2D eigenvalue weighted by Crippen LogP contribution is 2.22. The van der Waals surface area contributed by atoms with E-state index in [0.29, 0.717) is 12.4 Å². The van der Waals surface area contributed by atoms with Gasteiger partial charge in [-0.25, -0.2) is 0 Å². The summed E-state index contributed by atoms with van der Waals surface area (Å²) >= 11 is 0. The van der Waals surface area contributed by atoms with E-state index in [1.165, 1.54) is 18.2 Å². The molecule has 4 nitrogen and oxygen atoms in total. The van der Waals surface area contributed by atoms with Gasteiger partial charge in [0.05, 0.1) is 6.61 Å². The van der Waals surface area contributed by atoms with Crippen LogP contribution in [-0.4, -0.2) is 43.8 Å². The van der Waals surface area contributed by atoms with Crippen LogP contribution in [0.15, 0.2) is 24.3 Å². The minimum absolute atomic E-state index is 0.0112. The lowest BCUT2D eigenvalue weighted by molar-refractivity contribution is -0.153. The molecule has 0 spiro atoms. The molecule has 1 aromatic rings. The highest BCUT2D eigenvalue weighted by molar-refractivity contribution is 5.32. The number of aliphatic hydroxyl groups is 1. The highest BCUT2D eigenvalue weighted by atomic mass is 19.4. The molecule has 0 aliphatic rings. The number of halogens is 3. The molecule has 0 aromatic heterocycles. The summed E-state index contributed by atoms with van der Waals surface area (Å²) in [5, 5.41) is 9.49. The highest BCUT2D eigenvalue weighted by Gasteiger charge is 2.28. The molecule has 0 aliphatic carbocycles. The first-order valence-corrected chi connectivity index (χ1v) is 6.09. The van der Waals surface area contributed by atoms with Crippen LogP contribution < -0.4 is 9.47 Å². The Hall–Kier alpha value is -1.47. The Balaban J connectivity index is 2.43. The van der Waals surface area contributed by atoms with Gasteiger partial charge in [-0.3, -0.25) is 0 Å². The van der Waals surface area contributed by atoms with Gasteiger partial charge in [-0.2, -0.15) is 13.2 Å². The summed E-state index contributed by atoms with van der Waals surface area (Å²) in [6.07, 6.45) is -5.18. The first kappa shape index (κ1) is 16.6. The fourth-order valence-corrected chi connectivity index (χ4v) is 1.31. The maximum absolute atomic E-state index is 12.0. The van der Waals surface area contributed by atoms with Crippen LogP contribution in [0.4, 0.5) is 13.2 Å². The van der Waals surface area contributed by atoms with Crippen molar-refractivity contribution < 1.29 is 32.5 Å². The second-order valence-corrected chi connectivity index (χ2v) is 4.00. The van der Waals surface area contributed by atoms with Gasteiger partial charge in [0, 0.05) is 12.7 Å². The Labute approximate surface area is 115 Å². The number of hydrogen-bond donors (Lipinski definition) is 1. The molecular formula is C13H17F3O4. The van der Waals surface area contributed by atoms with Crippen molar-refractivity contribution in [1.82, 2.24) is 0 Å². The molecule has 0 heterocycles. The first-order valence-electron chi connectivity index (χ1n) is 6.09. The number of benzene rings is 1. The Morgan fingerprint density at radius 3 is 2.40 bits per heavy atom. The molecular weight excluding hydrogens is 277 g/mol. The Morgan fingerprint density at radius 1 is 1.15 bits per heavy atom.